The van der Waals surface area contributed by atoms with E-state index in [2.05, 4.69) is 44.2 Å². The van der Waals surface area contributed by atoms with Crippen molar-refractivity contribution in [3.8, 4) is 0 Å². The Morgan fingerprint density at radius 2 is 2.05 bits per heavy atom. The molecule has 19 heavy (non-hydrogen) atoms. The largest absolute Gasteiger partial charge is 0.400 e. The van der Waals surface area contributed by atoms with Crippen LogP contribution in [0.3, 0.4) is 0 Å². The van der Waals surface area contributed by atoms with Gasteiger partial charge in [0.2, 0.25) is 0 Å². The molecule has 0 aliphatic heterocycles. The lowest BCUT2D eigenvalue weighted by atomic mass is 10.2. The highest BCUT2D eigenvalue weighted by molar-refractivity contribution is 6.74. The van der Waals surface area contributed by atoms with E-state index in [1.807, 2.05) is 28.9 Å². The number of imidazole rings is 1. The predicted molar refractivity (Wildman–Crippen MR) is 82.0 cm³/mol. The Kier molecular flexibility index (Phi) is 3.69. The van der Waals surface area contributed by atoms with E-state index < -0.39 is 8.32 Å². The van der Waals surface area contributed by atoms with Gasteiger partial charge in [0.15, 0.2) is 8.32 Å². The lowest BCUT2D eigenvalue weighted by molar-refractivity contribution is 0.314. The average Bonchev–Trinajstić information content (AvgIpc) is 2.74. The quantitative estimate of drug-likeness (QED) is 0.683. The maximum atomic E-state index is 6.09. The summed E-state index contributed by atoms with van der Waals surface area (Å²) in [6, 6.07) is 4.02. The topological polar surface area (TPSA) is 38.6 Å². The Bertz CT molecular complexity index is 557. The smallest absolute Gasteiger partial charge is 0.194 e. The van der Waals surface area contributed by atoms with E-state index >= 15 is 0 Å². The summed E-state index contributed by atoms with van der Waals surface area (Å²) >= 11 is 0. The van der Waals surface area contributed by atoms with Crippen LogP contribution in [0.5, 0.6) is 0 Å². The first kappa shape index (κ1) is 14.1. The van der Waals surface area contributed by atoms with Gasteiger partial charge >= 0.3 is 0 Å². The molecule has 0 bridgehead atoms. The lowest BCUT2D eigenvalue weighted by Crippen LogP contribution is -2.42. The molecular weight excluding hydrogens is 254 g/mol. The van der Waals surface area contributed by atoms with Crippen LogP contribution in [0, 0.1) is 0 Å². The van der Waals surface area contributed by atoms with Gasteiger partial charge < -0.3 is 14.1 Å². The van der Waals surface area contributed by atoms with Gasteiger partial charge in [-0.15, -0.1) is 0 Å². The van der Waals surface area contributed by atoms with Gasteiger partial charge in [-0.25, -0.2) is 4.98 Å². The van der Waals surface area contributed by atoms with Crippen molar-refractivity contribution in [3.05, 3.63) is 30.7 Å². The second kappa shape index (κ2) is 4.98. The van der Waals surface area contributed by atoms with Gasteiger partial charge in [0, 0.05) is 18.6 Å². The van der Waals surface area contributed by atoms with Crippen LogP contribution < -0.4 is 5.32 Å². The van der Waals surface area contributed by atoms with Crippen molar-refractivity contribution in [1.29, 1.82) is 0 Å². The highest BCUT2D eigenvalue weighted by atomic mass is 28.4. The number of rotatable bonds is 4. The molecule has 0 spiro atoms. The van der Waals surface area contributed by atoms with E-state index in [1.54, 1.807) is 6.20 Å². The summed E-state index contributed by atoms with van der Waals surface area (Å²) in [7, 11) is -1.68. The van der Waals surface area contributed by atoms with E-state index in [9.17, 15) is 0 Å². The summed E-state index contributed by atoms with van der Waals surface area (Å²) < 4.78 is 8.09. The van der Waals surface area contributed by atoms with Crippen molar-refractivity contribution in [1.82, 2.24) is 9.38 Å². The van der Waals surface area contributed by atoms with E-state index in [0.717, 1.165) is 11.3 Å². The van der Waals surface area contributed by atoms with Gasteiger partial charge in [-0.3, -0.25) is 0 Å². The van der Waals surface area contributed by atoms with Gasteiger partial charge in [-0.2, -0.15) is 0 Å². The molecule has 0 radical (unpaired) electrons. The van der Waals surface area contributed by atoms with Gasteiger partial charge in [0.1, 0.15) is 12.4 Å². The Hall–Kier alpha value is -1.33. The maximum absolute atomic E-state index is 6.09. The minimum Gasteiger partial charge on any atom is -0.400 e. The molecule has 0 unspecified atom stereocenters. The Morgan fingerprint density at radius 1 is 1.32 bits per heavy atom. The molecule has 0 saturated carbocycles. The van der Waals surface area contributed by atoms with E-state index in [0.29, 0.717) is 6.73 Å². The second-order valence-electron chi connectivity index (χ2n) is 6.34. The zero-order valence-electron chi connectivity index (χ0n) is 12.4. The zero-order valence-corrected chi connectivity index (χ0v) is 13.4. The van der Waals surface area contributed by atoms with Crippen LogP contribution in [-0.4, -0.2) is 24.4 Å². The number of nitrogens with zero attached hydrogens (tertiary/aromatic N) is 2. The van der Waals surface area contributed by atoms with Crippen LogP contribution in [0.1, 0.15) is 20.8 Å². The fourth-order valence-electron chi connectivity index (χ4n) is 1.54. The Balaban J connectivity index is 1.95. The van der Waals surface area contributed by atoms with Gasteiger partial charge in [-0.1, -0.05) is 20.8 Å². The molecule has 1 N–H and O–H groups in total. The van der Waals surface area contributed by atoms with Crippen molar-refractivity contribution < 1.29 is 4.43 Å². The average molecular weight is 277 g/mol. The highest BCUT2D eigenvalue weighted by Crippen LogP contribution is 2.36. The van der Waals surface area contributed by atoms with Gasteiger partial charge in [-0.05, 0) is 30.3 Å². The normalized spacial score (nSPS) is 12.9. The number of aromatic nitrogens is 2. The molecule has 4 nitrogen and oxygen atoms in total. The van der Waals surface area contributed by atoms with Crippen LogP contribution in [-0.2, 0) is 4.43 Å². The number of nitrogens with one attached hydrogen (secondary N) is 1. The van der Waals surface area contributed by atoms with Crippen LogP contribution in [0.15, 0.2) is 30.7 Å². The molecule has 0 saturated heterocycles. The molecule has 2 aromatic heterocycles. The number of hydrogen-bond acceptors (Lipinski definition) is 3. The summed E-state index contributed by atoms with van der Waals surface area (Å²) in [5, 5.41) is 3.56. The minimum atomic E-state index is -1.68. The molecule has 0 aromatic carbocycles. The number of fused-ring (bicyclic) bond motifs is 1. The molecule has 0 atom stereocenters. The van der Waals surface area contributed by atoms with Crippen LogP contribution in [0.25, 0.3) is 5.65 Å². The third-order valence-corrected chi connectivity index (χ3v) is 8.38. The molecule has 0 aliphatic rings. The van der Waals surface area contributed by atoms with Crippen molar-refractivity contribution >= 4 is 19.7 Å². The van der Waals surface area contributed by atoms with Crippen molar-refractivity contribution in [3.63, 3.8) is 0 Å². The van der Waals surface area contributed by atoms with Gasteiger partial charge in [0.05, 0.1) is 5.69 Å². The first-order chi connectivity index (χ1) is 8.79. The molecule has 2 rings (SSSR count). The Morgan fingerprint density at radius 3 is 2.74 bits per heavy atom. The lowest BCUT2D eigenvalue weighted by Gasteiger charge is -2.36. The summed E-state index contributed by atoms with van der Waals surface area (Å²) in [5.41, 5.74) is 2.00. The number of pyridine rings is 1. The molecule has 2 heterocycles. The third kappa shape index (κ3) is 3.16. The predicted octanol–water partition coefficient (Wildman–Crippen LogP) is 3.73. The van der Waals surface area contributed by atoms with Crippen LogP contribution in [0.4, 0.5) is 5.69 Å². The van der Waals surface area contributed by atoms with E-state index in [-0.39, 0.29) is 5.04 Å². The molecule has 2 aromatic rings. The van der Waals surface area contributed by atoms with Crippen LogP contribution >= 0.6 is 0 Å². The number of anilines is 1. The molecule has 5 heteroatoms. The summed E-state index contributed by atoms with van der Waals surface area (Å²) in [5.74, 6) is 0. The van der Waals surface area contributed by atoms with E-state index in [1.165, 1.54) is 0 Å². The molecular formula is C14H23N3OSi. The summed E-state index contributed by atoms with van der Waals surface area (Å²) in [6.07, 6.45) is 5.76. The molecule has 104 valence electrons. The van der Waals surface area contributed by atoms with Crippen molar-refractivity contribution in [2.75, 3.05) is 12.0 Å². The van der Waals surface area contributed by atoms with E-state index in [4.69, 9.17) is 4.43 Å². The molecule has 0 fully saturated rings. The summed E-state index contributed by atoms with van der Waals surface area (Å²) in [4.78, 5) is 4.22. The van der Waals surface area contributed by atoms with Gasteiger partial charge in [0.25, 0.3) is 0 Å². The highest BCUT2D eigenvalue weighted by Gasteiger charge is 2.36. The Labute approximate surface area is 115 Å². The molecule has 0 amide bonds. The third-order valence-electron chi connectivity index (χ3n) is 3.90. The summed E-state index contributed by atoms with van der Waals surface area (Å²) in [6.45, 7) is 11.8. The second-order valence-corrected chi connectivity index (χ2v) is 11.1. The zero-order chi connectivity index (χ0) is 14.1. The minimum absolute atomic E-state index is 0.239. The monoisotopic (exact) mass is 277 g/mol. The van der Waals surface area contributed by atoms with Crippen LogP contribution in [0.2, 0.25) is 18.1 Å². The standard InChI is InChI=1S/C14H23N3OSi/c1-14(2,3)19(4,5)18-11-16-12-6-7-13-15-8-9-17(13)10-12/h6-10,16H,11H2,1-5H3. The SMILES string of the molecule is CC(C)(C)[Si](C)(C)OCNc1ccc2nccn2c1. The van der Waals surface area contributed by atoms with Crippen molar-refractivity contribution in [2.24, 2.45) is 0 Å². The number of hydrogen-bond donors (Lipinski definition) is 1. The molecule has 0 aliphatic carbocycles. The first-order valence-corrected chi connectivity index (χ1v) is 9.51. The fraction of sp³-hybridized carbons (Fsp3) is 0.500. The maximum Gasteiger partial charge on any atom is 0.194 e. The first-order valence-electron chi connectivity index (χ1n) is 6.60. The van der Waals surface area contributed by atoms with Crippen molar-refractivity contribution in [2.45, 2.75) is 38.9 Å². The fourth-order valence-corrected chi connectivity index (χ4v) is 2.41.